The van der Waals surface area contributed by atoms with Crippen molar-refractivity contribution in [3.8, 4) is 35.2 Å². The summed E-state index contributed by atoms with van der Waals surface area (Å²) in [6, 6.07) is 11.3. The summed E-state index contributed by atoms with van der Waals surface area (Å²) in [7, 11) is 1.59. The van der Waals surface area contributed by atoms with Crippen LogP contribution in [0.15, 0.2) is 42.6 Å². The molecule has 2 unspecified atom stereocenters. The quantitative estimate of drug-likeness (QED) is 0.117. The summed E-state index contributed by atoms with van der Waals surface area (Å²) in [4.78, 5) is 26.8. The van der Waals surface area contributed by atoms with Gasteiger partial charge in [0.1, 0.15) is 35.1 Å². The summed E-state index contributed by atoms with van der Waals surface area (Å²) in [6.07, 6.45) is 10.5. The van der Waals surface area contributed by atoms with Gasteiger partial charge in [0.25, 0.3) is 0 Å². The van der Waals surface area contributed by atoms with E-state index in [0.717, 1.165) is 36.0 Å². The molecule has 1 saturated carbocycles. The number of amides is 1. The number of methoxy groups -OCH3 is 1. The number of nitrogens with one attached hydrogen (secondary N) is 1. The van der Waals surface area contributed by atoms with E-state index in [4.69, 9.17) is 30.6 Å². The van der Waals surface area contributed by atoms with E-state index < -0.39 is 5.60 Å². The van der Waals surface area contributed by atoms with E-state index in [2.05, 4.69) is 27.1 Å². The number of carbonyl (C=O) groups is 1. The van der Waals surface area contributed by atoms with Gasteiger partial charge in [0.2, 0.25) is 0 Å². The Morgan fingerprint density at radius 2 is 1.85 bits per heavy atom. The molecule has 12 heteroatoms. The number of halogens is 1. The van der Waals surface area contributed by atoms with Crippen LogP contribution >= 0.6 is 0 Å². The predicted octanol–water partition coefficient (Wildman–Crippen LogP) is 6.88. The number of H-pyrrole nitrogens is 1. The number of aromatic amines is 1. The lowest BCUT2D eigenvalue weighted by Gasteiger charge is -2.36. The maximum Gasteiger partial charge on any atom is 0.410 e. The van der Waals surface area contributed by atoms with Crippen LogP contribution in [-0.4, -0.2) is 87.4 Å². The van der Waals surface area contributed by atoms with Crippen molar-refractivity contribution in [2.45, 2.75) is 76.5 Å². The van der Waals surface area contributed by atoms with Crippen molar-refractivity contribution >= 4 is 33.7 Å². The predicted molar refractivity (Wildman–Crippen MR) is 200 cm³/mol. The lowest BCUT2D eigenvalue weighted by atomic mass is 9.86. The Morgan fingerprint density at radius 1 is 1.06 bits per heavy atom. The van der Waals surface area contributed by atoms with Gasteiger partial charge in [0.05, 0.1) is 30.4 Å². The van der Waals surface area contributed by atoms with E-state index in [-0.39, 0.29) is 48.3 Å². The molecule has 3 aliphatic rings. The molecule has 3 fully saturated rings. The summed E-state index contributed by atoms with van der Waals surface area (Å²) in [5.41, 5.74) is 4.61. The molecule has 0 spiro atoms. The second-order valence-corrected chi connectivity index (χ2v) is 15.2. The van der Waals surface area contributed by atoms with Gasteiger partial charge < -0.3 is 29.1 Å². The summed E-state index contributed by atoms with van der Waals surface area (Å²) < 4.78 is 33.2. The fraction of sp³-hybridized carbons (Fsp3) is 0.415. The second-order valence-electron chi connectivity index (χ2n) is 15.2. The standard InChI is InChI=1S/C41H43FN6O5/c1-6-23-7-9-24(10-8-23)11-14-28-32(42)19-33-31(20-43-46-33)34(28)35-29(25-12-13-25)18-30-36(37(35)49)44-39(52-16-15-51-5)45-38(30)47-21-27-17-26(47)22-48(27)40(50)53-41(2,3)4/h1,7-10,18-20,25-27,49H,11-17,21-22H2,2-5H3,(H,43,46). The summed E-state index contributed by atoms with van der Waals surface area (Å²) >= 11 is 0. The van der Waals surface area contributed by atoms with E-state index in [1.165, 1.54) is 6.07 Å². The van der Waals surface area contributed by atoms with Gasteiger partial charge in [-0.15, -0.1) is 6.42 Å². The van der Waals surface area contributed by atoms with Crippen LogP contribution in [0.4, 0.5) is 15.0 Å². The third-order valence-electron chi connectivity index (χ3n) is 10.5. The zero-order valence-corrected chi connectivity index (χ0v) is 30.4. The smallest absolute Gasteiger partial charge is 0.410 e. The van der Waals surface area contributed by atoms with Crippen LogP contribution in [0.25, 0.3) is 32.9 Å². The molecule has 2 bridgehead atoms. The third kappa shape index (κ3) is 6.59. The molecule has 274 valence electrons. The first-order valence-electron chi connectivity index (χ1n) is 18.2. The van der Waals surface area contributed by atoms with Crippen molar-refractivity contribution < 1.29 is 28.5 Å². The van der Waals surface area contributed by atoms with E-state index in [0.29, 0.717) is 76.9 Å². The first-order valence-corrected chi connectivity index (χ1v) is 18.2. The Bertz CT molecular complexity index is 2250. The van der Waals surface area contributed by atoms with Crippen LogP contribution in [0, 0.1) is 18.2 Å². The van der Waals surface area contributed by atoms with Gasteiger partial charge in [0, 0.05) is 47.7 Å². The molecule has 2 aromatic heterocycles. The molecule has 2 N–H and O–H groups in total. The number of benzene rings is 3. The van der Waals surface area contributed by atoms with Crippen LogP contribution in [0.5, 0.6) is 11.8 Å². The number of hydrogen-bond donors (Lipinski definition) is 2. The number of likely N-dealkylation sites (tertiary alicyclic amines) is 1. The lowest BCUT2D eigenvalue weighted by molar-refractivity contribution is 0.0214. The number of aryl methyl sites for hydroxylation is 1. The molecule has 11 nitrogen and oxygen atoms in total. The van der Waals surface area contributed by atoms with E-state index in [9.17, 15) is 9.90 Å². The minimum Gasteiger partial charge on any atom is -0.505 e. The number of piperazine rings is 1. The van der Waals surface area contributed by atoms with Gasteiger partial charge in [-0.3, -0.25) is 5.10 Å². The van der Waals surface area contributed by atoms with Crippen molar-refractivity contribution in [1.82, 2.24) is 25.1 Å². The zero-order chi connectivity index (χ0) is 37.0. The molecule has 5 aromatic rings. The molecular weight excluding hydrogens is 675 g/mol. The monoisotopic (exact) mass is 718 g/mol. The first kappa shape index (κ1) is 34.7. The van der Waals surface area contributed by atoms with Crippen LogP contribution in [0.2, 0.25) is 0 Å². The van der Waals surface area contributed by atoms with Crippen LogP contribution in [-0.2, 0) is 22.3 Å². The third-order valence-corrected chi connectivity index (χ3v) is 10.5. The Morgan fingerprint density at radius 3 is 2.53 bits per heavy atom. The highest BCUT2D eigenvalue weighted by molar-refractivity contribution is 6.06. The lowest BCUT2D eigenvalue weighted by Crippen LogP contribution is -2.50. The van der Waals surface area contributed by atoms with Crippen LogP contribution < -0.4 is 9.64 Å². The summed E-state index contributed by atoms with van der Waals surface area (Å²) in [5.74, 6) is 3.00. The number of rotatable bonds is 10. The number of phenolic OH excluding ortho intramolecular Hbond substituents is 1. The number of carbonyl (C=O) groups excluding carboxylic acids is 1. The maximum atomic E-state index is 16.3. The number of aromatic nitrogens is 4. The van der Waals surface area contributed by atoms with E-state index in [1.807, 2.05) is 49.9 Å². The molecule has 2 saturated heterocycles. The van der Waals surface area contributed by atoms with Gasteiger partial charge in [-0.2, -0.15) is 15.1 Å². The Kier molecular flexibility index (Phi) is 8.85. The number of nitrogens with zero attached hydrogens (tertiary/aromatic N) is 5. The number of ether oxygens (including phenoxy) is 3. The SMILES string of the molecule is C#Cc1ccc(CCc2c(F)cc3[nH]ncc3c2-c2c(C3CC3)cc3c(N4CC5CC4CN5C(=O)OC(C)(C)C)nc(OCCOC)nc3c2O)cc1. The molecule has 1 aliphatic carbocycles. The fourth-order valence-electron chi connectivity index (χ4n) is 7.85. The minimum atomic E-state index is -0.596. The number of terminal acetylenes is 1. The van der Waals surface area contributed by atoms with Crippen molar-refractivity contribution in [1.29, 1.82) is 0 Å². The van der Waals surface area contributed by atoms with Gasteiger partial charge >= 0.3 is 12.1 Å². The zero-order valence-electron chi connectivity index (χ0n) is 30.4. The van der Waals surface area contributed by atoms with Crippen molar-refractivity contribution in [3.05, 3.63) is 70.7 Å². The van der Waals surface area contributed by atoms with Gasteiger partial charge in [0.15, 0.2) is 0 Å². The number of hydrogen-bond acceptors (Lipinski definition) is 9. The molecule has 4 heterocycles. The topological polar surface area (TPSA) is 126 Å². The highest BCUT2D eigenvalue weighted by Crippen LogP contribution is 2.53. The van der Waals surface area contributed by atoms with Crippen LogP contribution in [0.1, 0.15) is 68.2 Å². The van der Waals surface area contributed by atoms with E-state index in [1.54, 1.807) is 13.3 Å². The minimum absolute atomic E-state index is 0.0151. The van der Waals surface area contributed by atoms with Crippen molar-refractivity contribution in [3.63, 3.8) is 0 Å². The van der Waals surface area contributed by atoms with Crippen LogP contribution in [0.3, 0.4) is 0 Å². The average molecular weight is 719 g/mol. The summed E-state index contributed by atoms with van der Waals surface area (Å²) in [6.45, 7) is 7.16. The molecule has 2 atom stereocenters. The number of aromatic hydroxyl groups is 1. The number of anilines is 1. The van der Waals surface area contributed by atoms with Gasteiger partial charge in [-0.25, -0.2) is 9.18 Å². The molecular formula is C41H43FN6O5. The van der Waals surface area contributed by atoms with Gasteiger partial charge in [-0.1, -0.05) is 18.1 Å². The van der Waals surface area contributed by atoms with Crippen molar-refractivity contribution in [2.75, 3.05) is 38.3 Å². The Labute approximate surface area is 307 Å². The normalized spacial score (nSPS) is 18.3. The molecule has 0 radical (unpaired) electrons. The van der Waals surface area contributed by atoms with Crippen molar-refractivity contribution in [2.24, 2.45) is 0 Å². The molecule has 1 amide bonds. The fourth-order valence-corrected chi connectivity index (χ4v) is 7.85. The average Bonchev–Trinajstić information content (AvgIpc) is 3.51. The molecule has 53 heavy (non-hydrogen) atoms. The second kappa shape index (κ2) is 13.5. The largest absolute Gasteiger partial charge is 0.505 e. The van der Waals surface area contributed by atoms with E-state index >= 15 is 4.39 Å². The number of phenols is 1. The maximum absolute atomic E-state index is 16.3. The molecule has 8 rings (SSSR count). The first-order chi connectivity index (χ1) is 25.5. The number of fused-ring (bicyclic) bond motifs is 4. The Balaban J connectivity index is 1.25. The highest BCUT2D eigenvalue weighted by atomic mass is 19.1. The molecule has 2 aliphatic heterocycles. The summed E-state index contributed by atoms with van der Waals surface area (Å²) in [5, 5.41) is 21.1. The highest BCUT2D eigenvalue weighted by Gasteiger charge is 2.48. The van der Waals surface area contributed by atoms with Gasteiger partial charge in [-0.05, 0) is 99.7 Å². The molecule has 3 aromatic carbocycles. The Hall–Kier alpha value is -5.41.